The fourth-order valence-electron chi connectivity index (χ4n) is 1.34. The van der Waals surface area contributed by atoms with Crippen molar-refractivity contribution in [1.29, 1.82) is 10.7 Å². The van der Waals surface area contributed by atoms with Gasteiger partial charge < -0.3 is 31.9 Å². The molecule has 1 heterocycles. The molecule has 8 N–H and O–H groups in total. The molecule has 12 nitrogen and oxygen atoms in total. The molecule has 0 radical (unpaired) electrons. The van der Waals surface area contributed by atoms with Crippen LogP contribution in [0.2, 0.25) is 0 Å². The first kappa shape index (κ1) is 24.7. The molecule has 0 aliphatic rings. The largest absolute Gasteiger partial charge is 0.478 e. The summed E-state index contributed by atoms with van der Waals surface area (Å²) < 4.78 is 0. The first-order valence-electron chi connectivity index (χ1n) is 7.44. The van der Waals surface area contributed by atoms with Gasteiger partial charge in [0.05, 0.1) is 5.69 Å². The maximum absolute atomic E-state index is 9.55. The third-order valence-electron chi connectivity index (χ3n) is 2.35. The highest BCUT2D eigenvalue weighted by molar-refractivity contribution is 7.98. The number of hydrogen-bond donors (Lipinski definition) is 7. The van der Waals surface area contributed by atoms with E-state index in [0.29, 0.717) is 29.8 Å². The van der Waals surface area contributed by atoms with E-state index in [-0.39, 0.29) is 5.96 Å². The second-order valence-corrected chi connectivity index (χ2v) is 6.45. The number of thioether (sulfide) groups is 1. The van der Waals surface area contributed by atoms with Crippen LogP contribution in [0.4, 0.5) is 5.13 Å². The van der Waals surface area contributed by atoms with E-state index >= 15 is 0 Å². The molecule has 0 atom stereocenters. The lowest BCUT2D eigenvalue weighted by Crippen LogP contribution is -2.35. The van der Waals surface area contributed by atoms with Crippen LogP contribution in [0.15, 0.2) is 22.5 Å². The van der Waals surface area contributed by atoms with Crippen molar-refractivity contribution in [1.82, 2.24) is 15.6 Å². The van der Waals surface area contributed by atoms with Crippen LogP contribution in [0.1, 0.15) is 5.69 Å². The number of nitriles is 1. The van der Waals surface area contributed by atoms with E-state index in [2.05, 4.69) is 25.9 Å². The number of nitrogens with one attached hydrogen (secondary N) is 4. The third-order valence-corrected chi connectivity index (χ3v) is 4.15. The van der Waals surface area contributed by atoms with Crippen LogP contribution in [0, 0.1) is 16.9 Å². The Kier molecular flexibility index (Phi) is 13.1. The quantitative estimate of drug-likeness (QED) is 0.0965. The minimum absolute atomic E-state index is 0.112. The highest BCUT2D eigenvalue weighted by Crippen LogP contribution is 2.18. The van der Waals surface area contributed by atoms with E-state index in [4.69, 9.17) is 26.6 Å². The monoisotopic (exact) mass is 428 g/mol. The zero-order valence-corrected chi connectivity index (χ0v) is 16.4. The van der Waals surface area contributed by atoms with Gasteiger partial charge in [0.2, 0.25) is 12.2 Å². The average Bonchev–Trinajstić information content (AvgIpc) is 3.05. The molecule has 14 heteroatoms. The summed E-state index contributed by atoms with van der Waals surface area (Å²) in [5, 5.41) is 42.2. The molecule has 0 fully saturated rings. The van der Waals surface area contributed by atoms with Crippen molar-refractivity contribution in [3.05, 3.63) is 23.2 Å². The number of hydrogen-bond acceptors (Lipinski definition) is 8. The SMILES string of the molecule is CN/C(=N/C#N)NCCSCc1csc(NC(=N)N)n1.O=C(O)/C=C\C(=O)O. The summed E-state index contributed by atoms with van der Waals surface area (Å²) in [5.74, 6) is -0.519. The van der Waals surface area contributed by atoms with Gasteiger partial charge in [-0.1, -0.05) is 0 Å². The Hall–Kier alpha value is -3.31. The van der Waals surface area contributed by atoms with Crippen LogP contribution in [-0.2, 0) is 15.3 Å². The molecule has 0 aliphatic carbocycles. The van der Waals surface area contributed by atoms with Crippen molar-refractivity contribution in [2.75, 3.05) is 24.7 Å². The summed E-state index contributed by atoms with van der Waals surface area (Å²) in [6.07, 6.45) is 2.83. The Morgan fingerprint density at radius 1 is 1.46 bits per heavy atom. The van der Waals surface area contributed by atoms with Gasteiger partial charge in [-0.25, -0.2) is 14.6 Å². The van der Waals surface area contributed by atoms with Crippen molar-refractivity contribution in [3.8, 4) is 6.19 Å². The Labute approximate surface area is 169 Å². The number of guanidine groups is 2. The van der Waals surface area contributed by atoms with Crippen LogP contribution < -0.4 is 21.7 Å². The van der Waals surface area contributed by atoms with E-state index in [1.165, 1.54) is 11.3 Å². The van der Waals surface area contributed by atoms with E-state index in [1.54, 1.807) is 25.0 Å². The molecular weight excluding hydrogens is 408 g/mol. The summed E-state index contributed by atoms with van der Waals surface area (Å²) in [7, 11) is 1.70. The Morgan fingerprint density at radius 3 is 2.61 bits per heavy atom. The normalized spacial score (nSPS) is 10.4. The standard InChI is InChI=1S/C10H16N8S2.C4H4O4/c1-14-9(16-6-11)15-2-3-19-4-7-5-20-10(17-7)18-8(12)13;5-3(6)1-2-4(7)8/h5H,2-4H2,1H3,(H2,14,15,16)(H4,12,13,17,18);1-2H,(H,5,6)(H,7,8)/b;2-1-. The predicted molar refractivity (Wildman–Crippen MR) is 108 cm³/mol. The van der Waals surface area contributed by atoms with Gasteiger partial charge in [0.25, 0.3) is 0 Å². The summed E-state index contributed by atoms with van der Waals surface area (Å²) >= 11 is 3.13. The van der Waals surface area contributed by atoms with Gasteiger partial charge in [0.1, 0.15) is 0 Å². The number of anilines is 1. The van der Waals surface area contributed by atoms with Crippen molar-refractivity contribution < 1.29 is 19.8 Å². The molecule has 28 heavy (non-hydrogen) atoms. The third kappa shape index (κ3) is 13.9. The van der Waals surface area contributed by atoms with Gasteiger partial charge in [-0.15, -0.1) is 16.3 Å². The molecule has 0 saturated carbocycles. The van der Waals surface area contributed by atoms with Gasteiger partial charge >= 0.3 is 11.9 Å². The first-order valence-corrected chi connectivity index (χ1v) is 9.47. The summed E-state index contributed by atoms with van der Waals surface area (Å²) in [6, 6.07) is 0. The van der Waals surface area contributed by atoms with Crippen LogP contribution in [0.3, 0.4) is 0 Å². The minimum Gasteiger partial charge on any atom is -0.478 e. The van der Waals surface area contributed by atoms with Gasteiger partial charge in [-0.3, -0.25) is 5.41 Å². The fourth-order valence-corrected chi connectivity index (χ4v) is 2.92. The van der Waals surface area contributed by atoms with Crippen LogP contribution in [0.25, 0.3) is 0 Å². The summed E-state index contributed by atoms with van der Waals surface area (Å²) in [6.45, 7) is 0.703. The highest BCUT2D eigenvalue weighted by atomic mass is 32.2. The fraction of sp³-hybridized carbons (Fsp3) is 0.286. The molecule has 0 aromatic carbocycles. The molecule has 0 bridgehead atoms. The number of carboxylic acid groups (broad SMARTS) is 2. The number of nitrogens with zero attached hydrogens (tertiary/aromatic N) is 3. The zero-order chi connectivity index (χ0) is 21.4. The van der Waals surface area contributed by atoms with E-state index in [0.717, 1.165) is 17.2 Å². The summed E-state index contributed by atoms with van der Waals surface area (Å²) in [4.78, 5) is 27.0. The summed E-state index contributed by atoms with van der Waals surface area (Å²) in [5.41, 5.74) is 6.17. The Bertz CT molecular complexity index is 741. The minimum atomic E-state index is -1.26. The van der Waals surface area contributed by atoms with Crippen molar-refractivity contribution in [2.24, 2.45) is 10.7 Å². The van der Waals surface area contributed by atoms with Gasteiger partial charge in [0, 0.05) is 42.6 Å². The van der Waals surface area contributed by atoms with Gasteiger partial charge in [-0.2, -0.15) is 17.0 Å². The number of carboxylic acids is 2. The molecule has 0 spiro atoms. The molecule has 1 aromatic heterocycles. The molecule has 0 unspecified atom stereocenters. The molecule has 152 valence electrons. The van der Waals surface area contributed by atoms with Gasteiger partial charge in [-0.05, 0) is 0 Å². The van der Waals surface area contributed by atoms with Crippen molar-refractivity contribution in [2.45, 2.75) is 5.75 Å². The second kappa shape index (κ2) is 14.8. The first-order chi connectivity index (χ1) is 13.3. The number of thiazole rings is 1. The maximum Gasteiger partial charge on any atom is 0.328 e. The molecular formula is C14H20N8O4S2. The van der Waals surface area contributed by atoms with Crippen LogP contribution in [0.5, 0.6) is 0 Å². The second-order valence-electron chi connectivity index (χ2n) is 4.48. The van der Waals surface area contributed by atoms with Gasteiger partial charge in [0.15, 0.2) is 11.1 Å². The average molecular weight is 429 g/mol. The Balaban J connectivity index is 0.000000769. The van der Waals surface area contributed by atoms with Crippen LogP contribution in [-0.4, -0.2) is 58.4 Å². The topological polar surface area (TPSA) is 210 Å². The van der Waals surface area contributed by atoms with E-state index in [1.807, 2.05) is 5.38 Å². The smallest absolute Gasteiger partial charge is 0.328 e. The lowest BCUT2D eigenvalue weighted by atomic mass is 10.5. The maximum atomic E-state index is 9.55. The van der Waals surface area contributed by atoms with Crippen molar-refractivity contribution in [3.63, 3.8) is 0 Å². The number of rotatable bonds is 8. The molecule has 0 aliphatic heterocycles. The highest BCUT2D eigenvalue weighted by Gasteiger charge is 2.02. The lowest BCUT2D eigenvalue weighted by Gasteiger charge is -2.06. The number of nitrogens with two attached hydrogens (primary N) is 1. The molecule has 0 amide bonds. The zero-order valence-electron chi connectivity index (χ0n) is 14.8. The van der Waals surface area contributed by atoms with Crippen molar-refractivity contribution >= 4 is 52.1 Å². The van der Waals surface area contributed by atoms with E-state index < -0.39 is 11.9 Å². The lowest BCUT2D eigenvalue weighted by molar-refractivity contribution is -0.134. The number of aliphatic carboxylic acids is 2. The number of aromatic nitrogens is 1. The van der Waals surface area contributed by atoms with Crippen LogP contribution >= 0.6 is 23.1 Å². The number of carbonyl (C=O) groups is 2. The van der Waals surface area contributed by atoms with E-state index in [9.17, 15) is 9.59 Å². The predicted octanol–water partition coefficient (Wildman–Crippen LogP) is 0.0396. The Morgan fingerprint density at radius 2 is 2.11 bits per heavy atom. The number of aliphatic imine (C=N–C) groups is 1. The molecule has 1 rings (SSSR count). The molecule has 0 saturated heterocycles. The molecule has 1 aromatic rings.